The van der Waals surface area contributed by atoms with Gasteiger partial charge in [0.05, 0.1) is 21.3 Å². The van der Waals surface area contributed by atoms with Gasteiger partial charge in [0.25, 0.3) is 5.91 Å². The van der Waals surface area contributed by atoms with Crippen molar-refractivity contribution in [1.82, 2.24) is 15.0 Å². The van der Waals surface area contributed by atoms with Crippen molar-refractivity contribution in [3.05, 3.63) is 56.6 Å². The third-order valence-electron chi connectivity index (χ3n) is 5.19. The average molecular weight is 421 g/mol. The Morgan fingerprint density at radius 2 is 1.83 bits per heavy atom. The molecule has 1 aliphatic rings. The normalized spacial score (nSPS) is 13.8. The van der Waals surface area contributed by atoms with Crippen LogP contribution in [-0.2, 0) is 0 Å². The van der Waals surface area contributed by atoms with Crippen LogP contribution >= 0.6 is 22.7 Å². The third-order valence-corrected chi connectivity index (χ3v) is 7.15. The van der Waals surface area contributed by atoms with Crippen molar-refractivity contribution < 1.29 is 4.79 Å². The van der Waals surface area contributed by atoms with Crippen molar-refractivity contribution in [3.8, 4) is 11.3 Å². The number of carbonyl (C=O) groups excluding carboxylic acids is 1. The van der Waals surface area contributed by atoms with E-state index >= 15 is 0 Å². The summed E-state index contributed by atoms with van der Waals surface area (Å²) >= 11 is 3.09. The number of hydrogen-bond donors (Lipinski definition) is 1. The van der Waals surface area contributed by atoms with Crippen LogP contribution in [0.25, 0.3) is 21.5 Å². The van der Waals surface area contributed by atoms with E-state index in [0.29, 0.717) is 10.8 Å². The standard InChI is InChI=1S/C22H20N4OS2/c1-11-18-12(2)23-20(15-4-5-15)26-22(18)29-19(11)21(27)25-16-8-6-14(7-9-16)17-10-28-13(3)24-17/h6-10,15H,4-5H2,1-3H3,(H,25,27). The SMILES string of the molecule is Cc1nc(-c2ccc(NC(=O)c3sc4nc(C5CC5)nc(C)c4c3C)cc2)cs1. The number of thiazole rings is 1. The molecule has 3 aromatic heterocycles. The van der Waals surface area contributed by atoms with E-state index in [-0.39, 0.29) is 5.91 Å². The Balaban J connectivity index is 1.41. The molecule has 5 rings (SSSR count). The predicted molar refractivity (Wildman–Crippen MR) is 119 cm³/mol. The molecule has 0 unspecified atom stereocenters. The van der Waals surface area contributed by atoms with Gasteiger partial charge in [-0.1, -0.05) is 12.1 Å². The fraction of sp³-hybridized carbons (Fsp3) is 0.273. The lowest BCUT2D eigenvalue weighted by molar-refractivity contribution is 0.103. The van der Waals surface area contributed by atoms with Gasteiger partial charge in [0, 0.05) is 27.9 Å². The molecule has 146 valence electrons. The molecule has 1 saturated carbocycles. The molecular formula is C22H20N4OS2. The van der Waals surface area contributed by atoms with Gasteiger partial charge < -0.3 is 5.32 Å². The Hall–Kier alpha value is -2.64. The number of hydrogen-bond acceptors (Lipinski definition) is 6. The van der Waals surface area contributed by atoms with Crippen molar-refractivity contribution in [2.75, 3.05) is 5.32 Å². The molecule has 0 spiro atoms. The topological polar surface area (TPSA) is 67.8 Å². The maximum Gasteiger partial charge on any atom is 0.266 e. The largest absolute Gasteiger partial charge is 0.321 e. The number of carbonyl (C=O) groups is 1. The monoisotopic (exact) mass is 420 g/mol. The molecule has 0 bridgehead atoms. The minimum atomic E-state index is -0.102. The Bertz CT molecular complexity index is 1240. The van der Waals surface area contributed by atoms with E-state index in [1.807, 2.05) is 50.4 Å². The van der Waals surface area contributed by atoms with Crippen molar-refractivity contribution in [2.24, 2.45) is 0 Å². The van der Waals surface area contributed by atoms with E-state index in [4.69, 9.17) is 4.98 Å². The highest BCUT2D eigenvalue weighted by molar-refractivity contribution is 7.20. The van der Waals surface area contributed by atoms with Crippen molar-refractivity contribution in [1.29, 1.82) is 0 Å². The van der Waals surface area contributed by atoms with E-state index in [9.17, 15) is 4.79 Å². The van der Waals surface area contributed by atoms with Crippen LogP contribution < -0.4 is 5.32 Å². The first kappa shape index (κ1) is 18.4. The van der Waals surface area contributed by atoms with Crippen LogP contribution in [0.3, 0.4) is 0 Å². The summed E-state index contributed by atoms with van der Waals surface area (Å²) in [5.41, 5.74) is 4.70. The van der Waals surface area contributed by atoms with Gasteiger partial charge in [-0.2, -0.15) is 0 Å². The zero-order valence-electron chi connectivity index (χ0n) is 16.4. The summed E-state index contributed by atoms with van der Waals surface area (Å²) in [6.07, 6.45) is 2.33. The first-order valence-electron chi connectivity index (χ1n) is 9.61. The second-order valence-corrected chi connectivity index (χ2v) is 9.52. The van der Waals surface area contributed by atoms with Crippen LogP contribution in [0.1, 0.15) is 50.5 Å². The number of rotatable bonds is 4. The fourth-order valence-electron chi connectivity index (χ4n) is 3.51. The van der Waals surface area contributed by atoms with Gasteiger partial charge in [0.1, 0.15) is 10.7 Å². The van der Waals surface area contributed by atoms with Gasteiger partial charge in [-0.25, -0.2) is 15.0 Å². The summed E-state index contributed by atoms with van der Waals surface area (Å²) in [6.45, 7) is 5.99. The van der Waals surface area contributed by atoms with E-state index in [2.05, 4.69) is 15.3 Å². The van der Waals surface area contributed by atoms with Gasteiger partial charge in [-0.3, -0.25) is 4.79 Å². The van der Waals surface area contributed by atoms with Crippen LogP contribution in [0.5, 0.6) is 0 Å². The lowest BCUT2D eigenvalue weighted by atomic mass is 10.1. The molecule has 1 N–H and O–H groups in total. The second-order valence-electron chi connectivity index (χ2n) is 7.46. The number of thiophene rings is 1. The Kier molecular flexibility index (Phi) is 4.44. The molecule has 1 amide bonds. The molecule has 7 heteroatoms. The minimum absolute atomic E-state index is 0.102. The third kappa shape index (κ3) is 3.45. The Morgan fingerprint density at radius 1 is 1.07 bits per heavy atom. The van der Waals surface area contributed by atoms with Gasteiger partial charge in [0.2, 0.25) is 0 Å². The smallest absolute Gasteiger partial charge is 0.266 e. The molecule has 29 heavy (non-hydrogen) atoms. The molecule has 3 heterocycles. The van der Waals surface area contributed by atoms with E-state index in [1.165, 1.54) is 24.2 Å². The molecule has 0 radical (unpaired) electrons. The summed E-state index contributed by atoms with van der Waals surface area (Å²) in [6, 6.07) is 7.81. The lowest BCUT2D eigenvalue weighted by Gasteiger charge is -2.05. The molecule has 0 aliphatic heterocycles. The molecule has 0 atom stereocenters. The summed E-state index contributed by atoms with van der Waals surface area (Å²) in [7, 11) is 0. The number of amides is 1. The van der Waals surface area contributed by atoms with Gasteiger partial charge in [-0.15, -0.1) is 22.7 Å². The van der Waals surface area contributed by atoms with Crippen LogP contribution in [0, 0.1) is 20.8 Å². The molecule has 4 aromatic rings. The van der Waals surface area contributed by atoms with Crippen molar-refractivity contribution >= 4 is 44.5 Å². The first-order chi connectivity index (χ1) is 14.0. The number of fused-ring (bicyclic) bond motifs is 1. The molecule has 1 aliphatic carbocycles. The van der Waals surface area contributed by atoms with E-state index < -0.39 is 0 Å². The highest BCUT2D eigenvalue weighted by Gasteiger charge is 2.28. The summed E-state index contributed by atoms with van der Waals surface area (Å²) in [5.74, 6) is 1.32. The molecule has 0 saturated heterocycles. The van der Waals surface area contributed by atoms with E-state index in [0.717, 1.165) is 49.3 Å². The number of anilines is 1. The van der Waals surface area contributed by atoms with E-state index in [1.54, 1.807) is 11.3 Å². The maximum atomic E-state index is 12.9. The van der Waals surface area contributed by atoms with Gasteiger partial charge in [-0.05, 0) is 51.3 Å². The quantitative estimate of drug-likeness (QED) is 0.448. The highest BCUT2D eigenvalue weighted by atomic mass is 32.1. The van der Waals surface area contributed by atoms with Gasteiger partial charge >= 0.3 is 0 Å². The van der Waals surface area contributed by atoms with Crippen LogP contribution in [0.2, 0.25) is 0 Å². The number of nitrogens with one attached hydrogen (secondary N) is 1. The molecule has 5 nitrogen and oxygen atoms in total. The first-order valence-corrected chi connectivity index (χ1v) is 11.3. The average Bonchev–Trinajstić information content (AvgIpc) is 3.38. The number of nitrogens with zero attached hydrogens (tertiary/aromatic N) is 3. The molecule has 1 fully saturated rings. The van der Waals surface area contributed by atoms with Crippen molar-refractivity contribution in [2.45, 2.75) is 39.5 Å². The van der Waals surface area contributed by atoms with Crippen LogP contribution in [0.4, 0.5) is 5.69 Å². The minimum Gasteiger partial charge on any atom is -0.321 e. The number of benzene rings is 1. The zero-order chi connectivity index (χ0) is 20.1. The number of aromatic nitrogens is 3. The van der Waals surface area contributed by atoms with Crippen LogP contribution in [-0.4, -0.2) is 20.9 Å². The Labute approximate surface area is 176 Å². The lowest BCUT2D eigenvalue weighted by Crippen LogP contribution is -2.11. The highest BCUT2D eigenvalue weighted by Crippen LogP contribution is 2.40. The van der Waals surface area contributed by atoms with Crippen molar-refractivity contribution in [3.63, 3.8) is 0 Å². The summed E-state index contributed by atoms with van der Waals surface area (Å²) in [5, 5.41) is 7.12. The second kappa shape index (κ2) is 7.00. The molecular weight excluding hydrogens is 400 g/mol. The summed E-state index contributed by atoms with van der Waals surface area (Å²) in [4.78, 5) is 28.5. The Morgan fingerprint density at radius 3 is 2.48 bits per heavy atom. The maximum absolute atomic E-state index is 12.9. The number of aryl methyl sites for hydroxylation is 3. The van der Waals surface area contributed by atoms with Crippen LogP contribution in [0.15, 0.2) is 29.6 Å². The van der Waals surface area contributed by atoms with Gasteiger partial charge in [0.15, 0.2) is 0 Å². The molecule has 1 aromatic carbocycles. The zero-order valence-corrected chi connectivity index (χ0v) is 18.1. The predicted octanol–water partition coefficient (Wildman–Crippen LogP) is 5.87. The summed E-state index contributed by atoms with van der Waals surface area (Å²) < 4.78 is 0. The fourth-order valence-corrected chi connectivity index (χ4v) is 5.27.